The lowest BCUT2D eigenvalue weighted by Gasteiger charge is -2.10. The van der Waals surface area contributed by atoms with Crippen molar-refractivity contribution in [2.75, 3.05) is 19.0 Å². The summed E-state index contributed by atoms with van der Waals surface area (Å²) in [6.45, 7) is 5.15. The smallest absolute Gasteiger partial charge is 0.0543 e. The molecule has 0 fully saturated rings. The number of para-hydroxylation sites is 1. The molecule has 4 nitrogen and oxygen atoms in total. The van der Waals surface area contributed by atoms with Crippen LogP contribution >= 0.6 is 0 Å². The normalized spacial score (nSPS) is 10.4. The Labute approximate surface area is 113 Å². The minimum Gasteiger partial charge on any atom is -0.384 e. The zero-order valence-corrected chi connectivity index (χ0v) is 11.2. The Hall–Kier alpha value is -2.07. The molecule has 1 aromatic carbocycles. The molecular formula is C15H19N3O. The number of aromatic nitrogens is 2. The molecule has 0 aliphatic carbocycles. The van der Waals surface area contributed by atoms with Gasteiger partial charge in [0.1, 0.15) is 0 Å². The summed E-state index contributed by atoms with van der Waals surface area (Å²) in [6, 6.07) is 8.29. The maximum absolute atomic E-state index is 5.13. The van der Waals surface area contributed by atoms with Gasteiger partial charge < -0.3 is 10.1 Å². The SMILES string of the molecule is C=Cn1cc(CNc2ccccc2CCOC)cn1. The lowest BCUT2D eigenvalue weighted by molar-refractivity contribution is 0.202. The molecule has 0 saturated heterocycles. The first-order chi connectivity index (χ1) is 9.33. The van der Waals surface area contributed by atoms with E-state index in [-0.39, 0.29) is 0 Å². The number of nitrogens with zero attached hydrogens (tertiary/aromatic N) is 2. The Morgan fingerprint density at radius 3 is 3.00 bits per heavy atom. The lowest BCUT2D eigenvalue weighted by atomic mass is 10.1. The van der Waals surface area contributed by atoms with Gasteiger partial charge in [-0.25, -0.2) is 4.68 Å². The molecule has 100 valence electrons. The molecular weight excluding hydrogens is 238 g/mol. The minimum atomic E-state index is 0.729. The number of anilines is 1. The van der Waals surface area contributed by atoms with Crippen molar-refractivity contribution in [3.05, 3.63) is 54.4 Å². The van der Waals surface area contributed by atoms with Crippen LogP contribution < -0.4 is 5.32 Å². The molecule has 0 saturated carbocycles. The van der Waals surface area contributed by atoms with E-state index in [0.717, 1.165) is 30.8 Å². The fraction of sp³-hybridized carbons (Fsp3) is 0.267. The number of hydrogen-bond acceptors (Lipinski definition) is 3. The average molecular weight is 257 g/mol. The molecule has 2 rings (SSSR count). The van der Waals surface area contributed by atoms with E-state index in [2.05, 4.69) is 29.1 Å². The van der Waals surface area contributed by atoms with Crippen molar-refractivity contribution in [2.24, 2.45) is 0 Å². The fourth-order valence-electron chi connectivity index (χ4n) is 1.89. The van der Waals surface area contributed by atoms with E-state index < -0.39 is 0 Å². The lowest BCUT2D eigenvalue weighted by Crippen LogP contribution is -2.03. The quantitative estimate of drug-likeness (QED) is 0.829. The Bertz CT molecular complexity index is 534. The first-order valence-corrected chi connectivity index (χ1v) is 6.30. The predicted octanol–water partition coefficient (Wildman–Crippen LogP) is 2.78. The predicted molar refractivity (Wildman–Crippen MR) is 78.0 cm³/mol. The third kappa shape index (κ3) is 3.69. The molecule has 0 spiro atoms. The van der Waals surface area contributed by atoms with E-state index >= 15 is 0 Å². The molecule has 0 unspecified atom stereocenters. The second-order valence-electron chi connectivity index (χ2n) is 4.26. The molecule has 2 aromatic rings. The van der Waals surface area contributed by atoms with Crippen molar-refractivity contribution >= 4 is 11.9 Å². The zero-order chi connectivity index (χ0) is 13.5. The molecule has 19 heavy (non-hydrogen) atoms. The van der Waals surface area contributed by atoms with Crippen molar-refractivity contribution in [1.82, 2.24) is 9.78 Å². The van der Waals surface area contributed by atoms with Gasteiger partial charge in [-0.1, -0.05) is 24.8 Å². The number of rotatable bonds is 7. The van der Waals surface area contributed by atoms with Crippen LogP contribution in [0.4, 0.5) is 5.69 Å². The van der Waals surface area contributed by atoms with Gasteiger partial charge in [0.2, 0.25) is 0 Å². The van der Waals surface area contributed by atoms with Gasteiger partial charge in [0.15, 0.2) is 0 Å². The average Bonchev–Trinajstić information content (AvgIpc) is 2.91. The summed E-state index contributed by atoms with van der Waals surface area (Å²) in [7, 11) is 1.72. The zero-order valence-electron chi connectivity index (χ0n) is 11.2. The van der Waals surface area contributed by atoms with E-state index in [0.29, 0.717) is 0 Å². The summed E-state index contributed by atoms with van der Waals surface area (Å²) < 4.78 is 6.83. The number of nitrogens with one attached hydrogen (secondary N) is 1. The van der Waals surface area contributed by atoms with Crippen molar-refractivity contribution in [3.8, 4) is 0 Å². The second kappa shape index (κ2) is 6.75. The topological polar surface area (TPSA) is 39.1 Å². The summed E-state index contributed by atoms with van der Waals surface area (Å²) in [5, 5.41) is 7.59. The van der Waals surface area contributed by atoms with Crippen molar-refractivity contribution in [1.29, 1.82) is 0 Å². The highest BCUT2D eigenvalue weighted by atomic mass is 16.5. The van der Waals surface area contributed by atoms with Gasteiger partial charge in [0.25, 0.3) is 0 Å². The van der Waals surface area contributed by atoms with Crippen molar-refractivity contribution in [3.63, 3.8) is 0 Å². The molecule has 0 bridgehead atoms. The summed E-state index contributed by atoms with van der Waals surface area (Å²) in [4.78, 5) is 0. The van der Waals surface area contributed by atoms with Gasteiger partial charge in [-0.15, -0.1) is 0 Å². The third-order valence-corrected chi connectivity index (χ3v) is 2.92. The Morgan fingerprint density at radius 1 is 1.42 bits per heavy atom. The minimum absolute atomic E-state index is 0.729. The van der Waals surface area contributed by atoms with Gasteiger partial charge in [0.05, 0.1) is 12.8 Å². The van der Waals surface area contributed by atoms with Gasteiger partial charge in [-0.05, 0) is 18.1 Å². The molecule has 0 aliphatic heterocycles. The highest BCUT2D eigenvalue weighted by molar-refractivity contribution is 5.51. The maximum Gasteiger partial charge on any atom is 0.0543 e. The summed E-state index contributed by atoms with van der Waals surface area (Å²) in [5.41, 5.74) is 3.54. The Balaban J connectivity index is 2.00. The molecule has 1 aromatic heterocycles. The summed E-state index contributed by atoms with van der Waals surface area (Å²) in [6.07, 6.45) is 6.38. The van der Waals surface area contributed by atoms with Crippen LogP contribution in [0.25, 0.3) is 6.20 Å². The first-order valence-electron chi connectivity index (χ1n) is 6.30. The van der Waals surface area contributed by atoms with E-state index in [9.17, 15) is 0 Å². The molecule has 1 heterocycles. The van der Waals surface area contributed by atoms with Crippen LogP contribution in [0, 0.1) is 0 Å². The van der Waals surface area contributed by atoms with Crippen LogP contribution in [0.3, 0.4) is 0 Å². The second-order valence-corrected chi connectivity index (χ2v) is 4.26. The Kier molecular flexibility index (Phi) is 4.75. The molecule has 0 atom stereocenters. The summed E-state index contributed by atoms with van der Waals surface area (Å²) in [5.74, 6) is 0. The fourth-order valence-corrected chi connectivity index (χ4v) is 1.89. The van der Waals surface area contributed by atoms with Crippen LogP contribution in [-0.4, -0.2) is 23.5 Å². The van der Waals surface area contributed by atoms with Gasteiger partial charge in [-0.2, -0.15) is 5.10 Å². The summed E-state index contributed by atoms with van der Waals surface area (Å²) >= 11 is 0. The van der Waals surface area contributed by atoms with Crippen LogP contribution in [0.2, 0.25) is 0 Å². The third-order valence-electron chi connectivity index (χ3n) is 2.92. The van der Waals surface area contributed by atoms with E-state index in [1.165, 1.54) is 5.56 Å². The molecule has 0 aliphatic rings. The molecule has 0 amide bonds. The highest BCUT2D eigenvalue weighted by Gasteiger charge is 2.02. The monoisotopic (exact) mass is 257 g/mol. The van der Waals surface area contributed by atoms with E-state index in [4.69, 9.17) is 4.74 Å². The number of ether oxygens (including phenoxy) is 1. The van der Waals surface area contributed by atoms with E-state index in [1.807, 2.05) is 24.5 Å². The van der Waals surface area contributed by atoms with Gasteiger partial charge >= 0.3 is 0 Å². The molecule has 4 heteroatoms. The number of hydrogen-bond donors (Lipinski definition) is 1. The standard InChI is InChI=1S/C15H19N3O/c1-3-18-12-13(11-17-18)10-16-15-7-5-4-6-14(15)8-9-19-2/h3-7,11-12,16H,1,8-10H2,2H3. The molecule has 0 radical (unpaired) electrons. The highest BCUT2D eigenvalue weighted by Crippen LogP contribution is 2.16. The van der Waals surface area contributed by atoms with Crippen LogP contribution in [0.15, 0.2) is 43.2 Å². The largest absolute Gasteiger partial charge is 0.384 e. The molecule has 1 N–H and O–H groups in total. The van der Waals surface area contributed by atoms with E-state index in [1.54, 1.807) is 18.0 Å². The van der Waals surface area contributed by atoms with Crippen LogP contribution in [0.5, 0.6) is 0 Å². The van der Waals surface area contributed by atoms with Crippen LogP contribution in [-0.2, 0) is 17.7 Å². The number of benzene rings is 1. The first kappa shape index (κ1) is 13.4. The van der Waals surface area contributed by atoms with Gasteiger partial charge in [-0.3, -0.25) is 0 Å². The van der Waals surface area contributed by atoms with Gasteiger partial charge in [0, 0.05) is 37.3 Å². The van der Waals surface area contributed by atoms with Crippen LogP contribution in [0.1, 0.15) is 11.1 Å². The number of methoxy groups -OCH3 is 1. The Morgan fingerprint density at radius 2 is 2.26 bits per heavy atom. The van der Waals surface area contributed by atoms with Crippen molar-refractivity contribution < 1.29 is 4.74 Å². The van der Waals surface area contributed by atoms with Crippen molar-refractivity contribution in [2.45, 2.75) is 13.0 Å². The maximum atomic E-state index is 5.13.